The predicted molar refractivity (Wildman–Crippen MR) is 53.9 cm³/mol. The molecule has 1 rings (SSSR count). The first kappa shape index (κ1) is 13.3. The van der Waals surface area contributed by atoms with Crippen LogP contribution in [0.4, 0.5) is 13.2 Å². The van der Waals surface area contributed by atoms with E-state index < -0.39 is 18.2 Å². The summed E-state index contributed by atoms with van der Waals surface area (Å²) >= 11 is 0. The Morgan fingerprint density at radius 3 is 2.53 bits per heavy atom. The number of carboxylic acid groups (broad SMARTS) is 1. The van der Waals surface area contributed by atoms with Crippen LogP contribution in [0.1, 0.15) is 12.5 Å². The van der Waals surface area contributed by atoms with Crippen molar-refractivity contribution in [1.29, 1.82) is 0 Å². The number of aliphatic carboxylic acids is 1. The first-order valence-electron chi connectivity index (χ1n) is 4.83. The van der Waals surface area contributed by atoms with Crippen LogP contribution in [0.5, 0.6) is 5.75 Å². The van der Waals surface area contributed by atoms with Crippen molar-refractivity contribution in [1.82, 2.24) is 0 Å². The second kappa shape index (κ2) is 5.07. The fourth-order valence-corrected chi connectivity index (χ4v) is 1.19. The van der Waals surface area contributed by atoms with Gasteiger partial charge in [-0.15, -0.1) is 0 Å². The maximum atomic E-state index is 12.3. The van der Waals surface area contributed by atoms with E-state index in [1.165, 1.54) is 18.2 Å². The smallest absolute Gasteiger partial charge is 0.425 e. The Morgan fingerprint density at radius 1 is 1.41 bits per heavy atom. The van der Waals surface area contributed by atoms with Gasteiger partial charge < -0.3 is 9.84 Å². The first-order valence-corrected chi connectivity index (χ1v) is 4.83. The van der Waals surface area contributed by atoms with E-state index in [1.54, 1.807) is 6.07 Å². The first-order chi connectivity index (χ1) is 7.80. The van der Waals surface area contributed by atoms with Crippen molar-refractivity contribution in [2.45, 2.75) is 25.6 Å². The summed E-state index contributed by atoms with van der Waals surface area (Å²) < 4.78 is 41.6. The molecule has 0 aliphatic heterocycles. The molecule has 0 heterocycles. The van der Waals surface area contributed by atoms with Gasteiger partial charge in [0, 0.05) is 5.56 Å². The third-order valence-corrected chi connectivity index (χ3v) is 2.08. The van der Waals surface area contributed by atoms with Crippen molar-refractivity contribution in [3.05, 3.63) is 29.8 Å². The summed E-state index contributed by atoms with van der Waals surface area (Å²) in [6, 6.07) is 5.78. The van der Waals surface area contributed by atoms with Gasteiger partial charge in [-0.1, -0.05) is 18.2 Å². The fourth-order valence-electron chi connectivity index (χ4n) is 1.19. The van der Waals surface area contributed by atoms with E-state index >= 15 is 0 Å². The molecule has 0 saturated carbocycles. The molecule has 3 nitrogen and oxygen atoms in total. The SMILES string of the molecule is CC(Oc1ccccc1CC(=O)O)C(F)(F)F. The van der Waals surface area contributed by atoms with Gasteiger partial charge in [0.15, 0.2) is 6.10 Å². The molecule has 94 valence electrons. The summed E-state index contributed by atoms with van der Waals surface area (Å²) in [7, 11) is 0. The zero-order valence-corrected chi connectivity index (χ0v) is 8.99. The Bertz CT molecular complexity index is 401. The largest absolute Gasteiger partial charge is 0.481 e. The van der Waals surface area contributed by atoms with Gasteiger partial charge in [0.25, 0.3) is 0 Å². The average molecular weight is 248 g/mol. The molecule has 17 heavy (non-hydrogen) atoms. The quantitative estimate of drug-likeness (QED) is 0.890. The van der Waals surface area contributed by atoms with E-state index in [-0.39, 0.29) is 17.7 Å². The van der Waals surface area contributed by atoms with Crippen molar-refractivity contribution in [3.8, 4) is 5.75 Å². The van der Waals surface area contributed by atoms with Crippen molar-refractivity contribution < 1.29 is 27.8 Å². The molecular weight excluding hydrogens is 237 g/mol. The second-order valence-corrected chi connectivity index (χ2v) is 3.48. The second-order valence-electron chi connectivity index (χ2n) is 3.48. The van der Waals surface area contributed by atoms with Gasteiger partial charge in [0.2, 0.25) is 0 Å². The number of rotatable bonds is 4. The van der Waals surface area contributed by atoms with Crippen LogP contribution in [-0.2, 0) is 11.2 Å². The van der Waals surface area contributed by atoms with Gasteiger partial charge in [-0.05, 0) is 13.0 Å². The summed E-state index contributed by atoms with van der Waals surface area (Å²) in [5.74, 6) is -1.18. The zero-order valence-electron chi connectivity index (χ0n) is 8.99. The topological polar surface area (TPSA) is 46.5 Å². The number of para-hydroxylation sites is 1. The molecule has 0 aliphatic carbocycles. The molecule has 0 aromatic heterocycles. The van der Waals surface area contributed by atoms with Gasteiger partial charge in [-0.2, -0.15) is 13.2 Å². The molecule has 1 N–H and O–H groups in total. The normalized spacial score (nSPS) is 13.2. The minimum atomic E-state index is -4.48. The summed E-state index contributed by atoms with van der Waals surface area (Å²) in [5.41, 5.74) is 0.219. The highest BCUT2D eigenvalue weighted by Gasteiger charge is 2.38. The number of halogens is 3. The van der Waals surface area contributed by atoms with E-state index in [1.807, 2.05) is 0 Å². The Balaban J connectivity index is 2.87. The molecule has 0 spiro atoms. The molecule has 1 unspecified atom stereocenters. The highest BCUT2D eigenvalue weighted by atomic mass is 19.4. The third kappa shape index (κ3) is 3.97. The van der Waals surface area contributed by atoms with Crippen LogP contribution in [0.15, 0.2) is 24.3 Å². The zero-order chi connectivity index (χ0) is 13.1. The lowest BCUT2D eigenvalue weighted by Crippen LogP contribution is -2.31. The molecule has 0 amide bonds. The van der Waals surface area contributed by atoms with Gasteiger partial charge in [-0.25, -0.2) is 0 Å². The lowest BCUT2D eigenvalue weighted by Gasteiger charge is -2.19. The van der Waals surface area contributed by atoms with Crippen molar-refractivity contribution in [2.75, 3.05) is 0 Å². The predicted octanol–water partition coefficient (Wildman–Crippen LogP) is 2.64. The highest BCUT2D eigenvalue weighted by Crippen LogP contribution is 2.27. The van der Waals surface area contributed by atoms with Crippen molar-refractivity contribution >= 4 is 5.97 Å². The number of hydrogen-bond donors (Lipinski definition) is 1. The molecule has 0 fully saturated rings. The molecule has 0 radical (unpaired) electrons. The van der Waals surface area contributed by atoms with Gasteiger partial charge in [0.05, 0.1) is 6.42 Å². The Hall–Kier alpha value is -1.72. The summed E-state index contributed by atoms with van der Waals surface area (Å²) in [5, 5.41) is 8.61. The van der Waals surface area contributed by atoms with E-state index in [0.29, 0.717) is 0 Å². The maximum absolute atomic E-state index is 12.3. The number of benzene rings is 1. The third-order valence-electron chi connectivity index (χ3n) is 2.08. The Labute approximate surface area is 95.8 Å². The number of hydrogen-bond acceptors (Lipinski definition) is 2. The number of alkyl halides is 3. The minimum absolute atomic E-state index is 0.0558. The fraction of sp³-hybridized carbons (Fsp3) is 0.364. The van der Waals surface area contributed by atoms with Crippen LogP contribution in [0.2, 0.25) is 0 Å². The number of carboxylic acids is 1. The lowest BCUT2D eigenvalue weighted by atomic mass is 10.1. The van der Waals surface area contributed by atoms with Crippen LogP contribution in [0.3, 0.4) is 0 Å². The monoisotopic (exact) mass is 248 g/mol. The average Bonchev–Trinajstić information content (AvgIpc) is 2.18. The Morgan fingerprint density at radius 2 is 2.00 bits per heavy atom. The molecule has 6 heteroatoms. The van der Waals surface area contributed by atoms with Crippen LogP contribution in [0.25, 0.3) is 0 Å². The molecule has 1 aromatic rings. The maximum Gasteiger partial charge on any atom is 0.425 e. The molecule has 0 aliphatic rings. The van der Waals surface area contributed by atoms with E-state index in [4.69, 9.17) is 9.84 Å². The number of ether oxygens (including phenoxy) is 1. The lowest BCUT2D eigenvalue weighted by molar-refractivity contribution is -0.189. The summed E-state index contributed by atoms with van der Waals surface area (Å²) in [4.78, 5) is 10.5. The Kier molecular flexibility index (Phi) is 3.98. The standard InChI is InChI=1S/C11H11F3O3/c1-7(11(12,13)14)17-9-5-3-2-4-8(9)6-10(15)16/h2-5,7H,6H2,1H3,(H,15,16). The van der Waals surface area contributed by atoms with E-state index in [9.17, 15) is 18.0 Å². The minimum Gasteiger partial charge on any atom is -0.481 e. The summed E-state index contributed by atoms with van der Waals surface area (Å²) in [6.07, 6.45) is -6.82. The van der Waals surface area contributed by atoms with Crippen molar-refractivity contribution in [2.24, 2.45) is 0 Å². The van der Waals surface area contributed by atoms with E-state index in [0.717, 1.165) is 6.92 Å². The number of carbonyl (C=O) groups is 1. The summed E-state index contributed by atoms with van der Waals surface area (Å²) in [6.45, 7) is 0.873. The van der Waals surface area contributed by atoms with Gasteiger partial charge in [0.1, 0.15) is 5.75 Å². The highest BCUT2D eigenvalue weighted by molar-refractivity contribution is 5.71. The molecule has 1 aromatic carbocycles. The molecule has 0 bridgehead atoms. The molecule has 0 saturated heterocycles. The van der Waals surface area contributed by atoms with Crippen LogP contribution in [-0.4, -0.2) is 23.4 Å². The molecular formula is C11H11F3O3. The molecule has 1 atom stereocenters. The van der Waals surface area contributed by atoms with Crippen molar-refractivity contribution in [3.63, 3.8) is 0 Å². The van der Waals surface area contributed by atoms with Crippen LogP contribution >= 0.6 is 0 Å². The van der Waals surface area contributed by atoms with E-state index in [2.05, 4.69) is 0 Å². The van der Waals surface area contributed by atoms with Crippen LogP contribution < -0.4 is 4.74 Å². The van der Waals surface area contributed by atoms with Gasteiger partial charge in [-0.3, -0.25) is 4.79 Å². The van der Waals surface area contributed by atoms with Crippen LogP contribution in [0, 0.1) is 0 Å². The van der Waals surface area contributed by atoms with Gasteiger partial charge >= 0.3 is 12.1 Å².